The summed E-state index contributed by atoms with van der Waals surface area (Å²) in [5, 5.41) is 9.14. The lowest BCUT2D eigenvalue weighted by Crippen LogP contribution is -2.67. The molecular weight excluding hydrogens is 429 g/mol. The van der Waals surface area contributed by atoms with Gasteiger partial charge in [-0.05, 0) is 18.9 Å². The number of hydrogen-bond donors (Lipinski definition) is 2. The summed E-state index contributed by atoms with van der Waals surface area (Å²) in [6.07, 6.45) is 2.85. The van der Waals surface area contributed by atoms with Crippen molar-refractivity contribution in [3.8, 4) is 0 Å². The molecule has 1 aliphatic heterocycles. The molecular formula is C19H19F3N8O2. The lowest BCUT2D eigenvalue weighted by Gasteiger charge is -2.58. The molecule has 1 saturated heterocycles. The summed E-state index contributed by atoms with van der Waals surface area (Å²) < 4.78 is 41.6. The molecule has 3 aromatic heterocycles. The molecule has 0 bridgehead atoms. The predicted molar refractivity (Wildman–Crippen MR) is 105 cm³/mol. The molecule has 1 aliphatic carbocycles. The van der Waals surface area contributed by atoms with Gasteiger partial charge in [0.05, 0.1) is 6.20 Å². The molecule has 2 N–H and O–H groups in total. The summed E-state index contributed by atoms with van der Waals surface area (Å²) in [7, 11) is 1.85. The Balaban J connectivity index is 1.12. The monoisotopic (exact) mass is 448 g/mol. The van der Waals surface area contributed by atoms with Crippen molar-refractivity contribution in [1.29, 1.82) is 0 Å². The number of anilines is 1. The van der Waals surface area contributed by atoms with Gasteiger partial charge in [0.1, 0.15) is 16.9 Å². The summed E-state index contributed by atoms with van der Waals surface area (Å²) in [6, 6.07) is -0.0636. The highest BCUT2D eigenvalue weighted by atomic mass is 19.4. The highest BCUT2D eigenvalue weighted by molar-refractivity contribution is 6.00. The first kappa shape index (κ1) is 20.3. The Bertz CT molecular complexity index is 1200. The minimum Gasteiger partial charge on any atom is -0.337 e. The van der Waals surface area contributed by atoms with E-state index in [-0.39, 0.29) is 17.4 Å². The van der Waals surface area contributed by atoms with Crippen LogP contribution in [0.3, 0.4) is 0 Å². The van der Waals surface area contributed by atoms with Crippen molar-refractivity contribution in [2.24, 2.45) is 12.5 Å². The molecule has 32 heavy (non-hydrogen) atoms. The zero-order chi connectivity index (χ0) is 22.7. The van der Waals surface area contributed by atoms with Gasteiger partial charge in [0.25, 0.3) is 5.91 Å². The number of carbonyl (C=O) groups excluding carboxylic acids is 2. The van der Waals surface area contributed by atoms with Crippen LogP contribution in [0.4, 0.5) is 23.9 Å². The minimum atomic E-state index is -4.62. The molecule has 0 unspecified atom stereocenters. The molecule has 10 nitrogen and oxygen atoms in total. The van der Waals surface area contributed by atoms with Crippen LogP contribution in [-0.2, 0) is 13.2 Å². The van der Waals surface area contributed by atoms with E-state index in [1.165, 1.54) is 0 Å². The Kier molecular flexibility index (Phi) is 4.39. The first-order valence-electron chi connectivity index (χ1n) is 9.89. The highest BCUT2D eigenvalue weighted by Gasteiger charge is 2.54. The lowest BCUT2D eigenvalue weighted by atomic mass is 9.60. The van der Waals surface area contributed by atoms with Crippen LogP contribution in [0.25, 0.3) is 5.65 Å². The van der Waals surface area contributed by atoms with Gasteiger partial charge in [0, 0.05) is 50.2 Å². The number of amides is 3. The number of rotatable bonds is 3. The molecule has 0 aromatic carbocycles. The molecule has 4 heterocycles. The Morgan fingerprint density at radius 1 is 1.22 bits per heavy atom. The van der Waals surface area contributed by atoms with Crippen molar-refractivity contribution in [2.45, 2.75) is 25.1 Å². The smallest absolute Gasteiger partial charge is 0.337 e. The summed E-state index contributed by atoms with van der Waals surface area (Å²) in [5.41, 5.74) is 0.107. The summed E-state index contributed by atoms with van der Waals surface area (Å²) in [6.45, 7) is 1.17. The fraction of sp³-hybridized carbons (Fsp3) is 0.421. The van der Waals surface area contributed by atoms with Crippen LogP contribution in [0.1, 0.15) is 28.9 Å². The van der Waals surface area contributed by atoms with Crippen molar-refractivity contribution < 1.29 is 22.8 Å². The van der Waals surface area contributed by atoms with E-state index in [9.17, 15) is 22.8 Å². The van der Waals surface area contributed by atoms with E-state index < -0.39 is 23.8 Å². The van der Waals surface area contributed by atoms with E-state index in [0.717, 1.165) is 17.9 Å². The number of halogens is 3. The first-order valence-corrected chi connectivity index (χ1v) is 9.89. The number of hydrogen-bond acceptors (Lipinski definition) is 5. The molecule has 2 aliphatic rings. The van der Waals surface area contributed by atoms with Crippen LogP contribution in [0.15, 0.2) is 30.9 Å². The van der Waals surface area contributed by atoms with E-state index in [1.807, 2.05) is 17.8 Å². The number of imidazole rings is 1. The van der Waals surface area contributed by atoms with Gasteiger partial charge in [0.2, 0.25) is 5.95 Å². The van der Waals surface area contributed by atoms with Gasteiger partial charge in [-0.1, -0.05) is 0 Å². The topological polar surface area (TPSA) is 109 Å². The standard InChI is InChI=1S/C19H19F3N8O2/c1-28-4-5-30-14(28)12(8-24-30)15(31)29-9-18(10-29)6-11(7-18)25-17(32)27-16-23-3-2-13(26-16)19(20,21)22/h2-5,8,11H,6-7,9-10H2,1H3,(H2,23,25,26,27,32). The zero-order valence-electron chi connectivity index (χ0n) is 16.9. The largest absolute Gasteiger partial charge is 0.433 e. The van der Waals surface area contributed by atoms with Crippen LogP contribution >= 0.6 is 0 Å². The Morgan fingerprint density at radius 3 is 2.69 bits per heavy atom. The molecule has 5 rings (SSSR count). The number of urea groups is 1. The van der Waals surface area contributed by atoms with Crippen molar-refractivity contribution in [2.75, 3.05) is 18.4 Å². The van der Waals surface area contributed by atoms with Crippen molar-refractivity contribution in [1.82, 2.24) is 34.4 Å². The number of aromatic nitrogens is 5. The number of carbonyl (C=O) groups is 2. The van der Waals surface area contributed by atoms with Crippen LogP contribution in [0, 0.1) is 5.41 Å². The Morgan fingerprint density at radius 2 is 1.97 bits per heavy atom. The molecule has 1 saturated carbocycles. The van der Waals surface area contributed by atoms with Gasteiger partial charge >= 0.3 is 12.2 Å². The van der Waals surface area contributed by atoms with Crippen molar-refractivity contribution in [3.05, 3.63) is 42.1 Å². The van der Waals surface area contributed by atoms with E-state index in [0.29, 0.717) is 31.5 Å². The molecule has 13 heteroatoms. The van der Waals surface area contributed by atoms with E-state index in [1.54, 1.807) is 21.8 Å². The van der Waals surface area contributed by atoms with Crippen LogP contribution in [-0.4, -0.2) is 60.1 Å². The number of nitrogens with zero attached hydrogens (tertiary/aromatic N) is 6. The lowest BCUT2D eigenvalue weighted by molar-refractivity contribution is -0.141. The maximum atomic E-state index is 12.8. The SMILES string of the molecule is Cn1ccn2ncc(C(=O)N3CC4(CC(NC(=O)Nc5nccc(C(F)(F)F)n5)C4)C3)c12. The number of nitrogens with one attached hydrogen (secondary N) is 2. The Labute approximate surface area is 179 Å². The second-order valence-corrected chi connectivity index (χ2v) is 8.36. The normalized spacial score (nSPS) is 17.8. The average molecular weight is 448 g/mol. The summed E-state index contributed by atoms with van der Waals surface area (Å²) in [5.74, 6) is -0.497. The molecule has 1 spiro atoms. The fourth-order valence-corrected chi connectivity index (χ4v) is 4.52. The van der Waals surface area contributed by atoms with Crippen LogP contribution in [0.2, 0.25) is 0 Å². The number of fused-ring (bicyclic) bond motifs is 1. The van der Waals surface area contributed by atoms with Gasteiger partial charge < -0.3 is 14.8 Å². The second-order valence-electron chi connectivity index (χ2n) is 8.36. The van der Waals surface area contributed by atoms with Crippen molar-refractivity contribution in [3.63, 3.8) is 0 Å². The predicted octanol–water partition coefficient (Wildman–Crippen LogP) is 1.91. The van der Waals surface area contributed by atoms with E-state index in [2.05, 4.69) is 25.7 Å². The first-order chi connectivity index (χ1) is 15.1. The van der Waals surface area contributed by atoms with Gasteiger partial charge in [0.15, 0.2) is 0 Å². The number of alkyl halides is 3. The maximum absolute atomic E-state index is 12.8. The van der Waals surface area contributed by atoms with Crippen LogP contribution < -0.4 is 10.6 Å². The third-order valence-corrected chi connectivity index (χ3v) is 5.97. The third-order valence-electron chi connectivity index (χ3n) is 5.97. The summed E-state index contributed by atoms with van der Waals surface area (Å²) in [4.78, 5) is 33.6. The minimum absolute atomic E-state index is 0.0409. The Hall–Kier alpha value is -3.64. The molecule has 168 valence electrons. The van der Waals surface area contributed by atoms with Gasteiger partial charge in [-0.2, -0.15) is 18.3 Å². The maximum Gasteiger partial charge on any atom is 0.433 e. The van der Waals surface area contributed by atoms with Crippen molar-refractivity contribution >= 4 is 23.5 Å². The quantitative estimate of drug-likeness (QED) is 0.636. The molecule has 3 aromatic rings. The number of likely N-dealkylation sites (tertiary alicyclic amines) is 1. The van der Waals surface area contributed by atoms with E-state index in [4.69, 9.17) is 0 Å². The van der Waals surface area contributed by atoms with Gasteiger partial charge in [-0.25, -0.2) is 19.3 Å². The molecule has 0 radical (unpaired) electrons. The fourth-order valence-electron chi connectivity index (χ4n) is 4.52. The zero-order valence-corrected chi connectivity index (χ0v) is 16.9. The molecule has 0 atom stereocenters. The number of aryl methyl sites for hydroxylation is 1. The van der Waals surface area contributed by atoms with Gasteiger partial charge in [-0.3, -0.25) is 10.1 Å². The average Bonchev–Trinajstić information content (AvgIpc) is 3.25. The van der Waals surface area contributed by atoms with Crippen LogP contribution in [0.5, 0.6) is 0 Å². The van der Waals surface area contributed by atoms with Gasteiger partial charge in [-0.15, -0.1) is 0 Å². The third kappa shape index (κ3) is 3.42. The highest BCUT2D eigenvalue weighted by Crippen LogP contribution is 2.48. The summed E-state index contributed by atoms with van der Waals surface area (Å²) >= 11 is 0. The van der Waals surface area contributed by atoms with E-state index >= 15 is 0 Å². The molecule has 2 fully saturated rings. The molecule has 3 amide bonds. The second kappa shape index (κ2) is 6.93.